The van der Waals surface area contributed by atoms with Crippen molar-refractivity contribution < 1.29 is 4.79 Å². The monoisotopic (exact) mass is 310 g/mol. The first-order valence-electron chi connectivity index (χ1n) is 6.79. The fourth-order valence-electron chi connectivity index (χ4n) is 2.03. The van der Waals surface area contributed by atoms with Crippen LogP contribution in [0.5, 0.6) is 0 Å². The van der Waals surface area contributed by atoms with Crippen LogP contribution in [0.25, 0.3) is 17.1 Å². The van der Waals surface area contributed by atoms with Gasteiger partial charge in [-0.05, 0) is 31.2 Å². The van der Waals surface area contributed by atoms with E-state index in [1.54, 1.807) is 19.3 Å². The fraction of sp³-hybridized carbons (Fsp3) is 0.125. The van der Waals surface area contributed by atoms with Crippen molar-refractivity contribution in [3.63, 3.8) is 0 Å². The van der Waals surface area contributed by atoms with Gasteiger partial charge in [0, 0.05) is 23.6 Å². The summed E-state index contributed by atoms with van der Waals surface area (Å²) in [6.07, 6.45) is 3.45. The summed E-state index contributed by atoms with van der Waals surface area (Å²) in [5.74, 6) is 1.22. The summed E-state index contributed by atoms with van der Waals surface area (Å²) in [7, 11) is 0. The summed E-state index contributed by atoms with van der Waals surface area (Å²) >= 11 is 1.39. The van der Waals surface area contributed by atoms with Gasteiger partial charge in [0.15, 0.2) is 11.0 Å². The van der Waals surface area contributed by atoms with Gasteiger partial charge in [-0.3, -0.25) is 14.3 Å². The van der Waals surface area contributed by atoms with E-state index in [0.29, 0.717) is 10.9 Å². The van der Waals surface area contributed by atoms with Gasteiger partial charge in [-0.2, -0.15) is 0 Å². The maximum atomic E-state index is 11.3. The van der Waals surface area contributed by atoms with Gasteiger partial charge in [0.2, 0.25) is 0 Å². The summed E-state index contributed by atoms with van der Waals surface area (Å²) in [4.78, 5) is 15.3. The Morgan fingerprint density at radius 2 is 1.82 bits per heavy atom. The molecular formula is C16H14N4OS. The fourth-order valence-corrected chi connectivity index (χ4v) is 2.78. The van der Waals surface area contributed by atoms with Crippen molar-refractivity contribution >= 4 is 17.5 Å². The second-order valence-electron chi connectivity index (χ2n) is 4.70. The zero-order valence-electron chi connectivity index (χ0n) is 12.0. The van der Waals surface area contributed by atoms with E-state index in [4.69, 9.17) is 0 Å². The molecule has 0 atom stereocenters. The van der Waals surface area contributed by atoms with Gasteiger partial charge in [0.1, 0.15) is 5.78 Å². The molecule has 0 unspecified atom stereocenters. The number of rotatable bonds is 5. The Morgan fingerprint density at radius 1 is 1.09 bits per heavy atom. The summed E-state index contributed by atoms with van der Waals surface area (Å²) in [5.41, 5.74) is 1.89. The number of carbonyl (C=O) groups excluding carboxylic acids is 1. The summed E-state index contributed by atoms with van der Waals surface area (Å²) < 4.78 is 1.96. The number of nitrogens with zero attached hydrogens (tertiary/aromatic N) is 4. The number of thioether (sulfide) groups is 1. The zero-order chi connectivity index (χ0) is 15.4. The molecule has 110 valence electrons. The van der Waals surface area contributed by atoms with Crippen LogP contribution in [0.2, 0.25) is 0 Å². The lowest BCUT2D eigenvalue weighted by molar-refractivity contribution is -0.114. The predicted octanol–water partition coefficient (Wildman–Crippen LogP) is 3.01. The van der Waals surface area contributed by atoms with E-state index < -0.39 is 0 Å². The third-order valence-corrected chi connectivity index (χ3v) is 4.06. The molecule has 0 saturated carbocycles. The number of pyridine rings is 1. The van der Waals surface area contributed by atoms with Crippen molar-refractivity contribution in [1.29, 1.82) is 0 Å². The van der Waals surface area contributed by atoms with Crippen LogP contribution in [0.4, 0.5) is 0 Å². The Labute approximate surface area is 132 Å². The molecule has 0 N–H and O–H groups in total. The molecular weight excluding hydrogens is 296 g/mol. The number of carbonyl (C=O) groups is 1. The molecule has 0 amide bonds. The Hall–Kier alpha value is -2.47. The van der Waals surface area contributed by atoms with Crippen LogP contribution in [-0.2, 0) is 4.79 Å². The average Bonchev–Trinajstić information content (AvgIpc) is 2.98. The van der Waals surface area contributed by atoms with Crippen LogP contribution in [0.15, 0.2) is 60.0 Å². The highest BCUT2D eigenvalue weighted by molar-refractivity contribution is 7.99. The molecule has 1 aromatic carbocycles. The first-order chi connectivity index (χ1) is 10.8. The lowest BCUT2D eigenvalue weighted by atomic mass is 10.2. The van der Waals surface area contributed by atoms with Crippen LogP contribution in [-0.4, -0.2) is 31.3 Å². The summed E-state index contributed by atoms with van der Waals surface area (Å²) in [6.45, 7) is 1.57. The van der Waals surface area contributed by atoms with Crippen LogP contribution >= 0.6 is 11.8 Å². The zero-order valence-corrected chi connectivity index (χ0v) is 12.8. The minimum Gasteiger partial charge on any atom is -0.299 e. The molecule has 0 radical (unpaired) electrons. The molecule has 0 aliphatic carbocycles. The number of hydrogen-bond acceptors (Lipinski definition) is 5. The topological polar surface area (TPSA) is 60.7 Å². The second kappa shape index (κ2) is 6.53. The number of Topliss-reactive ketones (excluding diaryl/α,β-unsaturated/α-hetero) is 1. The van der Waals surface area contributed by atoms with E-state index >= 15 is 0 Å². The molecule has 2 aromatic heterocycles. The third-order valence-electron chi connectivity index (χ3n) is 2.99. The largest absolute Gasteiger partial charge is 0.299 e. The van der Waals surface area contributed by atoms with Gasteiger partial charge in [-0.1, -0.05) is 30.0 Å². The number of ketones is 1. The number of benzene rings is 1. The maximum absolute atomic E-state index is 11.3. The normalized spacial score (nSPS) is 10.6. The van der Waals surface area contributed by atoms with Crippen LogP contribution in [0, 0.1) is 0 Å². The summed E-state index contributed by atoms with van der Waals surface area (Å²) in [6, 6.07) is 13.7. The molecule has 5 nitrogen and oxygen atoms in total. The Morgan fingerprint density at radius 3 is 2.50 bits per heavy atom. The Balaban J connectivity index is 2.09. The van der Waals surface area contributed by atoms with Crippen LogP contribution in [0.3, 0.4) is 0 Å². The van der Waals surface area contributed by atoms with Gasteiger partial charge in [-0.15, -0.1) is 10.2 Å². The van der Waals surface area contributed by atoms with E-state index in [1.165, 1.54) is 11.8 Å². The SMILES string of the molecule is CC(=O)CSc1nnc(-c2ccncc2)n1-c1ccccc1. The van der Waals surface area contributed by atoms with E-state index in [1.807, 2.05) is 47.0 Å². The van der Waals surface area contributed by atoms with E-state index in [0.717, 1.165) is 17.1 Å². The van der Waals surface area contributed by atoms with Gasteiger partial charge in [0.05, 0.1) is 5.75 Å². The van der Waals surface area contributed by atoms with Crippen molar-refractivity contribution in [3.05, 3.63) is 54.9 Å². The first-order valence-corrected chi connectivity index (χ1v) is 7.78. The highest BCUT2D eigenvalue weighted by atomic mass is 32.2. The number of hydrogen-bond donors (Lipinski definition) is 0. The molecule has 3 rings (SSSR count). The molecule has 2 heterocycles. The molecule has 0 bridgehead atoms. The molecule has 6 heteroatoms. The summed E-state index contributed by atoms with van der Waals surface area (Å²) in [5, 5.41) is 9.24. The molecule has 0 saturated heterocycles. The van der Waals surface area contributed by atoms with Gasteiger partial charge in [0.25, 0.3) is 0 Å². The second-order valence-corrected chi connectivity index (χ2v) is 5.65. The van der Waals surface area contributed by atoms with Crippen LogP contribution < -0.4 is 0 Å². The van der Waals surface area contributed by atoms with Crippen molar-refractivity contribution in [1.82, 2.24) is 19.7 Å². The minimum absolute atomic E-state index is 0.109. The number of aromatic nitrogens is 4. The van der Waals surface area contributed by atoms with Gasteiger partial charge < -0.3 is 0 Å². The Kier molecular flexibility index (Phi) is 4.29. The molecule has 0 aliphatic rings. The van der Waals surface area contributed by atoms with Crippen molar-refractivity contribution in [2.24, 2.45) is 0 Å². The van der Waals surface area contributed by atoms with Crippen molar-refractivity contribution in [2.45, 2.75) is 12.1 Å². The minimum atomic E-state index is 0.109. The quantitative estimate of drug-likeness (QED) is 0.678. The van der Waals surface area contributed by atoms with Crippen LogP contribution in [0.1, 0.15) is 6.92 Å². The van der Waals surface area contributed by atoms with E-state index in [2.05, 4.69) is 15.2 Å². The molecule has 0 spiro atoms. The van der Waals surface area contributed by atoms with Crippen molar-refractivity contribution in [3.8, 4) is 17.1 Å². The third kappa shape index (κ3) is 3.07. The first kappa shape index (κ1) is 14.5. The maximum Gasteiger partial charge on any atom is 0.196 e. The van der Waals surface area contributed by atoms with E-state index in [9.17, 15) is 4.79 Å². The standard InChI is InChI=1S/C16H14N4OS/c1-12(21)11-22-16-19-18-15(13-7-9-17-10-8-13)20(16)14-5-3-2-4-6-14/h2-10H,11H2,1H3. The average molecular weight is 310 g/mol. The molecule has 0 fully saturated rings. The van der Waals surface area contributed by atoms with Gasteiger partial charge >= 0.3 is 0 Å². The van der Waals surface area contributed by atoms with E-state index in [-0.39, 0.29) is 5.78 Å². The smallest absolute Gasteiger partial charge is 0.196 e. The molecule has 3 aromatic rings. The lowest BCUT2D eigenvalue weighted by Crippen LogP contribution is -2.01. The lowest BCUT2D eigenvalue weighted by Gasteiger charge is -2.09. The highest BCUT2D eigenvalue weighted by Gasteiger charge is 2.16. The van der Waals surface area contributed by atoms with Crippen molar-refractivity contribution in [2.75, 3.05) is 5.75 Å². The van der Waals surface area contributed by atoms with Gasteiger partial charge in [-0.25, -0.2) is 0 Å². The molecule has 22 heavy (non-hydrogen) atoms. The Bertz CT molecular complexity index is 771. The predicted molar refractivity (Wildman–Crippen MR) is 86.0 cm³/mol. The number of para-hydroxylation sites is 1. The highest BCUT2D eigenvalue weighted by Crippen LogP contribution is 2.27. The molecule has 0 aliphatic heterocycles.